The second-order valence-corrected chi connectivity index (χ2v) is 22.3. The zero-order valence-corrected chi connectivity index (χ0v) is 51.1. The van der Waals surface area contributed by atoms with E-state index in [9.17, 15) is 38.4 Å². The van der Waals surface area contributed by atoms with E-state index in [1.54, 1.807) is 77.7 Å². The maximum Gasteiger partial charge on any atom is 0.408 e. The first kappa shape index (κ1) is 64.4. The summed E-state index contributed by atoms with van der Waals surface area (Å²) >= 11 is 0. The predicted octanol–water partition coefficient (Wildman–Crippen LogP) is 6.31. The fourth-order valence-electron chi connectivity index (χ4n) is 10.4. The van der Waals surface area contributed by atoms with E-state index in [2.05, 4.69) is 48.4 Å². The Morgan fingerprint density at radius 2 is 1.23 bits per heavy atom. The minimum Gasteiger partial charge on any atom is -0.493 e. The van der Waals surface area contributed by atoms with Gasteiger partial charge in [0.1, 0.15) is 25.9 Å². The summed E-state index contributed by atoms with van der Waals surface area (Å²) in [6.45, 7) is 10.2. The third kappa shape index (κ3) is 16.3. The minimum absolute atomic E-state index is 0.00943. The van der Waals surface area contributed by atoms with Gasteiger partial charge in [0.2, 0.25) is 17.7 Å². The summed E-state index contributed by atoms with van der Waals surface area (Å²) in [4.78, 5) is 116. The maximum absolute atomic E-state index is 13.6. The number of carbonyl (C=O) groups is 8. The SMILES string of the molecule is COc1cc2c(cc1OCc1cc(C#CCNC(=O)OCc3ccc(NC(=O)[C@H](C)NC(=O)[C@@H](NCCOCCNC(=O)CCN4C(=O)C=CC4=O)C(C)C)cc3)cc(COc3cc4c(cc3OC)C(=O)N3C=C(C)C[C@H]3C=N4)c1)N=C[C@@H]1CC(C)=CN1C2=O. The van der Waals surface area contributed by atoms with Crippen molar-refractivity contribution in [3.63, 3.8) is 0 Å². The Kier molecular flexibility index (Phi) is 21.3. The van der Waals surface area contributed by atoms with Crippen molar-refractivity contribution in [2.75, 3.05) is 58.9 Å². The van der Waals surface area contributed by atoms with Crippen LogP contribution in [0.15, 0.2) is 112 Å². The van der Waals surface area contributed by atoms with Crippen molar-refractivity contribution in [2.45, 2.75) is 97.9 Å². The van der Waals surface area contributed by atoms with Crippen LogP contribution in [0.2, 0.25) is 0 Å². The number of alkyl carbamates (subject to hydrolysis) is 1. The molecule has 470 valence electrons. The molecule has 0 radical (unpaired) electrons. The molecule has 0 bridgehead atoms. The highest BCUT2D eigenvalue weighted by Gasteiger charge is 2.34. The number of fused-ring (bicyclic) bond motifs is 4. The smallest absolute Gasteiger partial charge is 0.408 e. The normalized spacial score (nSPS) is 16.7. The lowest BCUT2D eigenvalue weighted by atomic mass is 10.0. The summed E-state index contributed by atoms with van der Waals surface area (Å²) in [6.07, 6.45) is 10.2. The third-order valence-corrected chi connectivity index (χ3v) is 15.1. The van der Waals surface area contributed by atoms with Crippen LogP contribution in [0.5, 0.6) is 23.0 Å². The Morgan fingerprint density at radius 3 is 1.79 bits per heavy atom. The van der Waals surface area contributed by atoms with E-state index in [-0.39, 0.29) is 101 Å². The molecule has 5 N–H and O–H groups in total. The van der Waals surface area contributed by atoms with Crippen molar-refractivity contribution in [3.8, 4) is 34.8 Å². The topological polar surface area (TPSA) is 287 Å². The first-order chi connectivity index (χ1) is 43.3. The number of methoxy groups -OCH3 is 2. The van der Waals surface area contributed by atoms with Crippen LogP contribution in [0.25, 0.3) is 0 Å². The number of anilines is 1. The molecule has 0 saturated heterocycles. The Morgan fingerprint density at radius 1 is 0.667 bits per heavy atom. The number of hydrogen-bond acceptors (Lipinski definition) is 17. The molecule has 0 aromatic heterocycles. The molecule has 24 heteroatoms. The fourth-order valence-corrected chi connectivity index (χ4v) is 10.4. The number of aliphatic imine (C=N–C) groups is 2. The highest BCUT2D eigenvalue weighted by Crippen LogP contribution is 2.41. The van der Waals surface area contributed by atoms with E-state index in [0.717, 1.165) is 16.0 Å². The lowest BCUT2D eigenvalue weighted by molar-refractivity contribution is -0.137. The molecular weight excluding hydrogens is 1160 g/mol. The van der Waals surface area contributed by atoms with Gasteiger partial charge in [-0.25, -0.2) is 4.79 Å². The first-order valence-corrected chi connectivity index (χ1v) is 29.5. The van der Waals surface area contributed by atoms with Crippen LogP contribution in [-0.4, -0.2) is 152 Å². The minimum atomic E-state index is -0.888. The fraction of sp³-hybridized carbons (Fsp3) is 0.364. The molecule has 9 rings (SSSR count). The summed E-state index contributed by atoms with van der Waals surface area (Å²) in [6, 6.07) is 17.1. The van der Waals surface area contributed by atoms with Gasteiger partial charge in [0, 0.05) is 86.4 Å². The van der Waals surface area contributed by atoms with Gasteiger partial charge >= 0.3 is 6.09 Å². The zero-order chi connectivity index (χ0) is 64.0. The Balaban J connectivity index is 0.759. The molecule has 5 aliphatic heterocycles. The molecule has 5 heterocycles. The number of imide groups is 1. The Labute approximate surface area is 521 Å². The predicted molar refractivity (Wildman–Crippen MR) is 333 cm³/mol. The van der Waals surface area contributed by atoms with Crippen LogP contribution in [-0.2, 0) is 53.3 Å². The second kappa shape index (κ2) is 29.7. The molecular formula is C66H72N10O14. The molecule has 4 aromatic rings. The summed E-state index contributed by atoms with van der Waals surface area (Å²) in [7, 11) is 3.01. The molecule has 0 fully saturated rings. The van der Waals surface area contributed by atoms with Crippen LogP contribution in [0.3, 0.4) is 0 Å². The van der Waals surface area contributed by atoms with Crippen LogP contribution < -0.4 is 45.5 Å². The van der Waals surface area contributed by atoms with Gasteiger partial charge in [0.15, 0.2) is 23.0 Å². The Hall–Kier alpha value is -10.1. The molecule has 4 aromatic carbocycles. The van der Waals surface area contributed by atoms with E-state index in [4.69, 9.17) is 28.4 Å². The van der Waals surface area contributed by atoms with Crippen molar-refractivity contribution in [3.05, 3.63) is 136 Å². The number of nitrogens with zero attached hydrogens (tertiary/aromatic N) is 5. The van der Waals surface area contributed by atoms with Gasteiger partial charge in [-0.2, -0.15) is 0 Å². The number of carbonyl (C=O) groups excluding carboxylic acids is 8. The quantitative estimate of drug-likeness (QED) is 0.0261. The molecule has 90 heavy (non-hydrogen) atoms. The van der Waals surface area contributed by atoms with E-state index in [1.165, 1.54) is 26.4 Å². The average Bonchev–Trinajstić information content (AvgIpc) is 1.75. The molecule has 0 aliphatic carbocycles. The maximum atomic E-state index is 13.6. The van der Waals surface area contributed by atoms with Gasteiger partial charge in [-0.15, -0.1) is 0 Å². The van der Waals surface area contributed by atoms with E-state index in [1.807, 2.05) is 58.3 Å². The van der Waals surface area contributed by atoms with Crippen molar-refractivity contribution < 1.29 is 66.8 Å². The second-order valence-electron chi connectivity index (χ2n) is 22.3. The van der Waals surface area contributed by atoms with Crippen LogP contribution >= 0.6 is 0 Å². The molecule has 8 amide bonds. The summed E-state index contributed by atoms with van der Waals surface area (Å²) in [5, 5.41) is 14.0. The summed E-state index contributed by atoms with van der Waals surface area (Å²) < 4.78 is 35.3. The number of ether oxygens (including phenoxy) is 6. The molecule has 5 aliphatic rings. The molecule has 24 nitrogen and oxygen atoms in total. The third-order valence-electron chi connectivity index (χ3n) is 15.1. The highest BCUT2D eigenvalue weighted by molar-refractivity contribution is 6.13. The largest absolute Gasteiger partial charge is 0.493 e. The van der Waals surface area contributed by atoms with Crippen molar-refractivity contribution in [1.29, 1.82) is 0 Å². The number of hydrogen-bond donors (Lipinski definition) is 5. The standard InChI is InChI=1S/C66H72N10O14/c1-39(2)61(68-19-22-87-21-18-67-58(77)16-20-74-59(78)14-15-60(74)79)63(81)72-42(5)62(80)73-47-12-10-43(11-13-47)36-90-66(84)69-17-8-9-44-25-45(37-88-56-30-52-50(28-54(56)85-6)64(82)75-34-40(3)23-48(75)32-70-52)27-46(26-44)38-89-57-31-53-51(29-55(57)86-7)65(83)76-35-41(4)24-49(76)33-71-53/h10-15,25-35,39,42,48-49,61,68H,16-24,36-38H2,1-7H3,(H,67,77)(H,69,84)(H,72,81)(H,73,80)/t42-,48-,49-,61-/m0/s1. The summed E-state index contributed by atoms with van der Waals surface area (Å²) in [5.41, 5.74) is 6.95. The number of amides is 8. The molecule has 4 atom stereocenters. The van der Waals surface area contributed by atoms with Crippen molar-refractivity contribution in [1.82, 2.24) is 36.0 Å². The van der Waals surface area contributed by atoms with Crippen molar-refractivity contribution >= 4 is 76.9 Å². The lowest BCUT2D eigenvalue weighted by Crippen LogP contribution is -2.52. The van der Waals surface area contributed by atoms with Crippen LogP contribution in [0, 0.1) is 17.8 Å². The van der Waals surface area contributed by atoms with Crippen LogP contribution in [0.1, 0.15) is 96.9 Å². The van der Waals surface area contributed by atoms with E-state index >= 15 is 0 Å². The van der Waals surface area contributed by atoms with Gasteiger partial charge in [-0.1, -0.05) is 49.0 Å². The monoisotopic (exact) mass is 1230 g/mol. The van der Waals surface area contributed by atoms with Gasteiger partial charge in [0.05, 0.1) is 74.6 Å². The summed E-state index contributed by atoms with van der Waals surface area (Å²) in [5.74, 6) is 5.02. The first-order valence-electron chi connectivity index (χ1n) is 29.5. The van der Waals surface area contributed by atoms with Gasteiger partial charge in [-0.3, -0.25) is 48.4 Å². The lowest BCUT2D eigenvalue weighted by Gasteiger charge is -2.24. The van der Waals surface area contributed by atoms with Gasteiger partial charge in [-0.05, 0) is 98.7 Å². The van der Waals surface area contributed by atoms with Crippen molar-refractivity contribution in [2.24, 2.45) is 15.9 Å². The molecule has 0 spiro atoms. The Bertz CT molecular complexity index is 3520. The number of nitrogens with one attached hydrogen (secondary N) is 5. The van der Waals surface area contributed by atoms with Crippen LogP contribution in [0.4, 0.5) is 21.9 Å². The number of rotatable bonds is 26. The highest BCUT2D eigenvalue weighted by atomic mass is 16.5. The zero-order valence-electron chi connectivity index (χ0n) is 51.1. The van der Waals surface area contributed by atoms with Gasteiger partial charge in [0.25, 0.3) is 23.6 Å². The van der Waals surface area contributed by atoms with Gasteiger partial charge < -0.3 is 64.8 Å². The molecule has 0 saturated carbocycles. The van der Waals surface area contributed by atoms with E-state index < -0.39 is 35.9 Å². The number of benzene rings is 4. The van der Waals surface area contributed by atoms with E-state index in [0.29, 0.717) is 92.8 Å². The molecule has 0 unspecified atom stereocenters. The average molecular weight is 1230 g/mol.